The van der Waals surface area contributed by atoms with Crippen molar-refractivity contribution < 1.29 is 4.74 Å². The summed E-state index contributed by atoms with van der Waals surface area (Å²) in [6.07, 6.45) is 1.22. The number of ether oxygens (including phenoxy) is 1. The van der Waals surface area contributed by atoms with E-state index in [4.69, 9.17) is 4.74 Å². The summed E-state index contributed by atoms with van der Waals surface area (Å²) in [6, 6.07) is 8.40. The molecule has 1 unspecified atom stereocenters. The number of hydrogen-bond donors (Lipinski definition) is 1. The number of aliphatic imine (C=N–C) groups is 1. The number of guanidine groups is 1. The Kier molecular flexibility index (Phi) is 7.06. The zero-order valence-electron chi connectivity index (χ0n) is 13.8. The van der Waals surface area contributed by atoms with Crippen molar-refractivity contribution in [3.63, 3.8) is 0 Å². The molecule has 0 amide bonds. The largest absolute Gasteiger partial charge is 0.380 e. The molecule has 4 nitrogen and oxygen atoms in total. The summed E-state index contributed by atoms with van der Waals surface area (Å²) in [5.74, 6) is 2.19. The fourth-order valence-corrected chi connectivity index (χ4v) is 3.87. The minimum atomic E-state index is 0.648. The van der Waals surface area contributed by atoms with Crippen LogP contribution in [0.15, 0.2) is 29.3 Å². The van der Waals surface area contributed by atoms with Crippen LogP contribution in [-0.2, 0) is 17.9 Å². The van der Waals surface area contributed by atoms with E-state index in [0.717, 1.165) is 25.6 Å². The molecule has 0 aromatic heterocycles. The lowest BCUT2D eigenvalue weighted by Gasteiger charge is -2.34. The number of rotatable bonds is 5. The van der Waals surface area contributed by atoms with Gasteiger partial charge in [0.1, 0.15) is 0 Å². The van der Waals surface area contributed by atoms with Crippen LogP contribution in [0.4, 0.5) is 0 Å². The molecule has 1 aliphatic rings. The predicted molar refractivity (Wildman–Crippen MR) is 95.5 cm³/mol. The summed E-state index contributed by atoms with van der Waals surface area (Å²) in [6.45, 7) is 5.85. The first kappa shape index (κ1) is 17.2. The van der Waals surface area contributed by atoms with Gasteiger partial charge < -0.3 is 15.0 Å². The van der Waals surface area contributed by atoms with Crippen molar-refractivity contribution >= 4 is 17.7 Å². The molecule has 1 aromatic carbocycles. The van der Waals surface area contributed by atoms with Gasteiger partial charge in [0, 0.05) is 44.8 Å². The highest BCUT2D eigenvalue weighted by Crippen LogP contribution is 2.21. The fourth-order valence-electron chi connectivity index (χ4n) is 2.69. The van der Waals surface area contributed by atoms with Crippen LogP contribution in [0.3, 0.4) is 0 Å². The van der Waals surface area contributed by atoms with Crippen molar-refractivity contribution in [1.82, 2.24) is 10.2 Å². The summed E-state index contributed by atoms with van der Waals surface area (Å²) >= 11 is 2.08. The molecule has 1 aromatic rings. The van der Waals surface area contributed by atoms with Crippen LogP contribution >= 0.6 is 11.8 Å². The third-order valence-electron chi connectivity index (χ3n) is 3.96. The molecule has 1 atom stereocenters. The van der Waals surface area contributed by atoms with E-state index >= 15 is 0 Å². The second-order valence-corrected chi connectivity index (χ2v) is 6.86. The van der Waals surface area contributed by atoms with Gasteiger partial charge >= 0.3 is 0 Å². The van der Waals surface area contributed by atoms with Crippen molar-refractivity contribution in [2.45, 2.75) is 31.7 Å². The first-order valence-electron chi connectivity index (χ1n) is 7.91. The monoisotopic (exact) mass is 321 g/mol. The normalized spacial score (nSPS) is 19.3. The number of nitrogens with zero attached hydrogens (tertiary/aromatic N) is 2. The average Bonchev–Trinajstić information content (AvgIpc) is 2.57. The molecule has 122 valence electrons. The van der Waals surface area contributed by atoms with Crippen LogP contribution in [0.1, 0.15) is 24.5 Å². The van der Waals surface area contributed by atoms with Crippen LogP contribution in [0.2, 0.25) is 0 Å². The molecular weight excluding hydrogens is 294 g/mol. The maximum absolute atomic E-state index is 5.28. The number of hydrogen-bond acceptors (Lipinski definition) is 3. The van der Waals surface area contributed by atoms with Crippen molar-refractivity contribution in [2.24, 2.45) is 4.99 Å². The topological polar surface area (TPSA) is 36.9 Å². The van der Waals surface area contributed by atoms with Gasteiger partial charge in [-0.1, -0.05) is 31.2 Å². The molecular formula is C17H27N3OS. The Morgan fingerprint density at radius 3 is 2.86 bits per heavy atom. The van der Waals surface area contributed by atoms with Crippen LogP contribution < -0.4 is 5.32 Å². The van der Waals surface area contributed by atoms with E-state index in [2.05, 4.69) is 58.2 Å². The van der Waals surface area contributed by atoms with Gasteiger partial charge in [0.15, 0.2) is 5.96 Å². The summed E-state index contributed by atoms with van der Waals surface area (Å²) in [7, 11) is 3.60. The molecule has 1 saturated heterocycles. The smallest absolute Gasteiger partial charge is 0.193 e. The molecule has 1 N–H and O–H groups in total. The minimum absolute atomic E-state index is 0.648. The molecule has 0 radical (unpaired) electrons. The Labute approximate surface area is 138 Å². The predicted octanol–water partition coefficient (Wildman–Crippen LogP) is 2.74. The van der Waals surface area contributed by atoms with Gasteiger partial charge in [-0.2, -0.15) is 11.8 Å². The third-order valence-corrected chi connectivity index (χ3v) is 5.33. The third kappa shape index (κ3) is 4.65. The summed E-state index contributed by atoms with van der Waals surface area (Å²) in [5, 5.41) is 4.23. The Bertz CT molecular complexity index is 493. The Morgan fingerprint density at radius 2 is 2.18 bits per heavy atom. The second-order valence-electron chi connectivity index (χ2n) is 5.45. The van der Waals surface area contributed by atoms with Crippen LogP contribution in [-0.4, -0.2) is 49.1 Å². The van der Waals surface area contributed by atoms with Crippen molar-refractivity contribution in [1.29, 1.82) is 0 Å². The molecule has 22 heavy (non-hydrogen) atoms. The Hall–Kier alpha value is -1.20. The lowest BCUT2D eigenvalue weighted by atomic mass is 10.1. The molecule has 0 saturated carbocycles. The highest BCUT2D eigenvalue weighted by molar-refractivity contribution is 8.00. The summed E-state index contributed by atoms with van der Waals surface area (Å²) in [4.78, 5) is 6.84. The Morgan fingerprint density at radius 1 is 1.41 bits per heavy atom. The highest BCUT2D eigenvalue weighted by Gasteiger charge is 2.21. The standard InChI is InChI=1S/C17H27N3OS/c1-4-16-12-20(9-10-22-16)17(18-2)19-11-14-7-5-6-8-15(14)13-21-3/h5-8,16H,4,9-13H2,1-3H3,(H,18,19). The van der Waals surface area contributed by atoms with Gasteiger partial charge in [0.05, 0.1) is 6.61 Å². The average molecular weight is 321 g/mol. The first-order valence-corrected chi connectivity index (χ1v) is 8.96. The van der Waals surface area contributed by atoms with E-state index in [1.54, 1.807) is 7.11 Å². The SMILES string of the molecule is CCC1CN(C(=NC)NCc2ccccc2COC)CCS1. The van der Waals surface area contributed by atoms with E-state index in [-0.39, 0.29) is 0 Å². The van der Waals surface area contributed by atoms with Gasteiger partial charge in [0.2, 0.25) is 0 Å². The number of thioether (sulfide) groups is 1. The van der Waals surface area contributed by atoms with E-state index in [9.17, 15) is 0 Å². The van der Waals surface area contributed by atoms with E-state index in [1.165, 1.54) is 23.3 Å². The fraction of sp³-hybridized carbons (Fsp3) is 0.588. The van der Waals surface area contributed by atoms with E-state index in [1.807, 2.05) is 7.05 Å². The molecule has 5 heteroatoms. The van der Waals surface area contributed by atoms with E-state index in [0.29, 0.717) is 11.9 Å². The lowest BCUT2D eigenvalue weighted by molar-refractivity contribution is 0.184. The minimum Gasteiger partial charge on any atom is -0.380 e. The number of benzene rings is 1. The molecule has 0 bridgehead atoms. The summed E-state index contributed by atoms with van der Waals surface area (Å²) < 4.78 is 5.28. The zero-order chi connectivity index (χ0) is 15.8. The number of methoxy groups -OCH3 is 1. The lowest BCUT2D eigenvalue weighted by Crippen LogP contribution is -2.47. The maximum atomic E-state index is 5.28. The second kappa shape index (κ2) is 9.06. The number of nitrogens with one attached hydrogen (secondary N) is 1. The van der Waals surface area contributed by atoms with Gasteiger partial charge in [0.25, 0.3) is 0 Å². The highest BCUT2D eigenvalue weighted by atomic mass is 32.2. The van der Waals surface area contributed by atoms with Gasteiger partial charge in [-0.3, -0.25) is 4.99 Å². The van der Waals surface area contributed by atoms with Crippen LogP contribution in [0.25, 0.3) is 0 Å². The zero-order valence-corrected chi connectivity index (χ0v) is 14.7. The van der Waals surface area contributed by atoms with Crippen LogP contribution in [0.5, 0.6) is 0 Å². The molecule has 0 spiro atoms. The quantitative estimate of drug-likeness (QED) is 0.668. The van der Waals surface area contributed by atoms with Crippen molar-refractivity contribution in [2.75, 3.05) is 33.0 Å². The molecule has 0 aliphatic carbocycles. The molecule has 2 rings (SSSR count). The van der Waals surface area contributed by atoms with E-state index < -0.39 is 0 Å². The molecule has 1 fully saturated rings. The van der Waals surface area contributed by atoms with Gasteiger partial charge in [-0.15, -0.1) is 0 Å². The van der Waals surface area contributed by atoms with Crippen molar-refractivity contribution in [3.05, 3.63) is 35.4 Å². The van der Waals surface area contributed by atoms with Gasteiger partial charge in [-0.05, 0) is 17.5 Å². The Balaban J connectivity index is 1.97. The molecule has 1 aliphatic heterocycles. The maximum Gasteiger partial charge on any atom is 0.193 e. The summed E-state index contributed by atoms with van der Waals surface area (Å²) in [5.41, 5.74) is 2.50. The van der Waals surface area contributed by atoms with Crippen LogP contribution in [0, 0.1) is 0 Å². The van der Waals surface area contributed by atoms with Gasteiger partial charge in [-0.25, -0.2) is 0 Å². The molecule has 1 heterocycles. The van der Waals surface area contributed by atoms with Crippen molar-refractivity contribution in [3.8, 4) is 0 Å². The first-order chi connectivity index (χ1) is 10.8.